The van der Waals surface area contributed by atoms with Gasteiger partial charge < -0.3 is 0 Å². The average Bonchev–Trinajstić information content (AvgIpc) is 2.87. The molecule has 0 fully saturated rings. The van der Waals surface area contributed by atoms with Gasteiger partial charge in [-0.3, -0.25) is 0 Å². The molecule has 0 heterocycles. The van der Waals surface area contributed by atoms with Gasteiger partial charge >= 0.3 is 207 Å². The van der Waals surface area contributed by atoms with E-state index in [2.05, 4.69) is 36.4 Å². The third-order valence-corrected chi connectivity index (χ3v) is 9.73. The van der Waals surface area contributed by atoms with E-state index in [1.807, 2.05) is 36.4 Å². The fourth-order valence-corrected chi connectivity index (χ4v) is 8.18. The Bertz CT molecular complexity index is 869. The number of rotatable bonds is 15. The Morgan fingerprint density at radius 2 is 0.735 bits per heavy atom. The van der Waals surface area contributed by atoms with Crippen LogP contribution in [0.15, 0.2) is 72.8 Å². The number of methoxy groups -OCH3 is 3. The third kappa shape index (κ3) is 7.23. The molecule has 0 spiro atoms. The van der Waals surface area contributed by atoms with Crippen LogP contribution in [-0.4, -0.2) is 74.9 Å². The van der Waals surface area contributed by atoms with Crippen molar-refractivity contribution in [2.45, 2.75) is 0 Å². The summed E-state index contributed by atoms with van der Waals surface area (Å²) in [5.41, 5.74) is 0. The zero-order valence-electron chi connectivity index (χ0n) is 20.0. The van der Waals surface area contributed by atoms with Gasteiger partial charge in [0.2, 0.25) is 0 Å². The normalized spacial score (nSPS) is 10.9. The zero-order valence-corrected chi connectivity index (χ0v) is 21.7. The van der Waals surface area contributed by atoms with Crippen LogP contribution in [-0.2, 0) is 14.2 Å². The van der Waals surface area contributed by atoms with Crippen molar-refractivity contribution < 1.29 is 28.4 Å². The van der Waals surface area contributed by atoms with E-state index in [0.29, 0.717) is 39.6 Å². The minimum atomic E-state index is -1.89. The predicted molar refractivity (Wildman–Crippen MR) is 136 cm³/mol. The summed E-state index contributed by atoms with van der Waals surface area (Å²) in [6, 6.07) is 24.6. The summed E-state index contributed by atoms with van der Waals surface area (Å²) in [5, 5.41) is 0. The second kappa shape index (κ2) is 14.7. The van der Waals surface area contributed by atoms with Crippen molar-refractivity contribution in [3.63, 3.8) is 0 Å². The van der Waals surface area contributed by atoms with Crippen molar-refractivity contribution in [1.29, 1.82) is 0 Å². The van der Waals surface area contributed by atoms with E-state index in [-0.39, 0.29) is 0 Å². The summed E-state index contributed by atoms with van der Waals surface area (Å²) in [6.45, 7) is 2.99. The van der Waals surface area contributed by atoms with Crippen molar-refractivity contribution in [2.24, 2.45) is 0 Å². The molecule has 6 nitrogen and oxygen atoms in total. The Kier molecular flexibility index (Phi) is 11.2. The first-order valence-corrected chi connectivity index (χ1v) is 13.7. The number of para-hydroxylation sites is 3. The molecule has 0 aliphatic carbocycles. The summed E-state index contributed by atoms with van der Waals surface area (Å²) >= 11 is -1.89. The fraction of sp³-hybridized carbons (Fsp3) is 0.333. The monoisotopic (exact) mass is 533 g/mol. The van der Waals surface area contributed by atoms with Crippen LogP contribution in [0.1, 0.15) is 0 Å². The van der Waals surface area contributed by atoms with Crippen LogP contribution < -0.4 is 27.6 Å². The molecule has 182 valence electrons. The molecule has 3 rings (SSSR count). The van der Waals surface area contributed by atoms with Gasteiger partial charge in [0.25, 0.3) is 0 Å². The van der Waals surface area contributed by atoms with Crippen LogP contribution in [0.3, 0.4) is 0 Å². The molecule has 0 aliphatic rings. The van der Waals surface area contributed by atoms with Crippen LogP contribution in [0.2, 0.25) is 0 Å². The molecule has 7 heteroatoms. The van der Waals surface area contributed by atoms with Crippen molar-refractivity contribution in [2.75, 3.05) is 61.0 Å². The molecular formula is C27H33O6Se+. The summed E-state index contributed by atoms with van der Waals surface area (Å²) < 4.78 is 37.5. The fourth-order valence-electron chi connectivity index (χ4n) is 3.27. The van der Waals surface area contributed by atoms with Gasteiger partial charge in [-0.1, -0.05) is 0 Å². The standard InChI is InChI=1S/C27H33O6Se/c1-28-16-19-31-22-10-4-7-13-25(22)34(26-14-8-5-11-23(26)32-20-17-29-2)27-15-9-6-12-24(27)33-21-18-30-3/h4-15H,16-21H2,1-3H3/q+1. The molecule has 0 saturated carbocycles. The van der Waals surface area contributed by atoms with Gasteiger partial charge in [-0.25, -0.2) is 0 Å². The van der Waals surface area contributed by atoms with E-state index >= 15 is 0 Å². The Balaban J connectivity index is 2.11. The third-order valence-electron chi connectivity index (χ3n) is 4.84. The first kappa shape index (κ1) is 26.1. The zero-order chi connectivity index (χ0) is 24.0. The maximum atomic E-state index is 6.16. The van der Waals surface area contributed by atoms with Gasteiger partial charge in [0.15, 0.2) is 0 Å². The van der Waals surface area contributed by atoms with Gasteiger partial charge in [-0.05, 0) is 0 Å². The molecule has 34 heavy (non-hydrogen) atoms. The second-order valence-corrected chi connectivity index (χ2v) is 11.2. The van der Waals surface area contributed by atoms with Crippen molar-refractivity contribution in [1.82, 2.24) is 0 Å². The molecule has 0 saturated heterocycles. The number of benzene rings is 3. The van der Waals surface area contributed by atoms with Crippen LogP contribution in [0.25, 0.3) is 0 Å². The van der Waals surface area contributed by atoms with Crippen LogP contribution in [0.5, 0.6) is 17.2 Å². The van der Waals surface area contributed by atoms with E-state index in [1.165, 1.54) is 0 Å². The minimum absolute atomic E-state index is 0.477. The van der Waals surface area contributed by atoms with E-state index in [4.69, 9.17) is 28.4 Å². The molecule has 0 bridgehead atoms. The molecule has 0 amide bonds. The van der Waals surface area contributed by atoms with Gasteiger partial charge in [-0.15, -0.1) is 0 Å². The molecule has 3 aromatic rings. The summed E-state index contributed by atoms with van der Waals surface area (Å²) in [4.78, 5) is 0. The van der Waals surface area contributed by atoms with Crippen molar-refractivity contribution >= 4 is 27.3 Å². The quantitative estimate of drug-likeness (QED) is 0.221. The summed E-state index contributed by atoms with van der Waals surface area (Å²) in [7, 11) is 5.02. The second-order valence-electron chi connectivity index (χ2n) is 7.17. The van der Waals surface area contributed by atoms with E-state index in [1.54, 1.807) is 21.3 Å². The predicted octanol–water partition coefficient (Wildman–Crippen LogP) is 2.28. The maximum absolute atomic E-state index is 6.16. The molecule has 0 unspecified atom stereocenters. The van der Waals surface area contributed by atoms with Crippen molar-refractivity contribution in [3.05, 3.63) is 72.8 Å². The first-order chi connectivity index (χ1) is 16.8. The van der Waals surface area contributed by atoms with Crippen LogP contribution >= 0.6 is 0 Å². The molecular weight excluding hydrogens is 499 g/mol. The Hall–Kier alpha value is -2.54. The van der Waals surface area contributed by atoms with Gasteiger partial charge in [0.1, 0.15) is 0 Å². The van der Waals surface area contributed by atoms with E-state index in [0.717, 1.165) is 30.6 Å². The summed E-state index contributed by atoms with van der Waals surface area (Å²) in [6.07, 6.45) is 0. The van der Waals surface area contributed by atoms with Crippen molar-refractivity contribution in [3.8, 4) is 17.2 Å². The summed E-state index contributed by atoms with van der Waals surface area (Å²) in [5.74, 6) is 2.55. The Labute approximate surface area is 206 Å². The van der Waals surface area contributed by atoms with Gasteiger partial charge in [0.05, 0.1) is 0 Å². The molecule has 0 N–H and O–H groups in total. The molecule has 0 atom stereocenters. The molecule has 3 aromatic carbocycles. The first-order valence-electron chi connectivity index (χ1n) is 11.2. The van der Waals surface area contributed by atoms with Gasteiger partial charge in [-0.2, -0.15) is 0 Å². The number of ether oxygens (including phenoxy) is 6. The molecule has 0 radical (unpaired) electrons. The van der Waals surface area contributed by atoms with Crippen LogP contribution in [0.4, 0.5) is 0 Å². The topological polar surface area (TPSA) is 55.4 Å². The van der Waals surface area contributed by atoms with Crippen LogP contribution in [0, 0.1) is 0 Å². The average molecular weight is 533 g/mol. The Morgan fingerprint density at radius 1 is 0.441 bits per heavy atom. The number of hydrogen-bond donors (Lipinski definition) is 0. The van der Waals surface area contributed by atoms with E-state index < -0.39 is 13.9 Å². The molecule has 0 aliphatic heterocycles. The Morgan fingerprint density at radius 3 is 1.03 bits per heavy atom. The van der Waals surface area contributed by atoms with E-state index in [9.17, 15) is 0 Å². The SMILES string of the molecule is COCCOc1ccccc1[Se+](c1ccccc1OCCOC)c1ccccc1OCCOC. The molecule has 0 aromatic heterocycles. The number of hydrogen-bond acceptors (Lipinski definition) is 6. The van der Waals surface area contributed by atoms with Gasteiger partial charge in [0, 0.05) is 0 Å².